The fraction of sp³-hybridized carbons (Fsp3) is 0.217. The van der Waals surface area contributed by atoms with Gasteiger partial charge in [-0.05, 0) is 41.3 Å². The first-order valence-corrected chi connectivity index (χ1v) is 9.42. The highest BCUT2D eigenvalue weighted by molar-refractivity contribution is 5.79. The van der Waals surface area contributed by atoms with Gasteiger partial charge in [0.05, 0.1) is 6.42 Å². The maximum Gasteiger partial charge on any atom is 0.407 e. The summed E-state index contributed by atoms with van der Waals surface area (Å²) in [7, 11) is 0. The minimum Gasteiger partial charge on any atom is -0.481 e. The van der Waals surface area contributed by atoms with Crippen molar-refractivity contribution in [3.63, 3.8) is 0 Å². The highest BCUT2D eigenvalue weighted by atomic mass is 16.5. The van der Waals surface area contributed by atoms with Gasteiger partial charge in [0.2, 0.25) is 0 Å². The van der Waals surface area contributed by atoms with Crippen LogP contribution in [0.2, 0.25) is 0 Å². The molecule has 29 heavy (non-hydrogen) atoms. The number of ether oxygens (including phenoxy) is 1. The van der Waals surface area contributed by atoms with Crippen molar-refractivity contribution in [2.24, 2.45) is 0 Å². The van der Waals surface area contributed by atoms with Gasteiger partial charge in [0.1, 0.15) is 24.2 Å². The summed E-state index contributed by atoms with van der Waals surface area (Å²) in [5.74, 6) is -0.0666. The fourth-order valence-electron chi connectivity index (χ4n) is 3.82. The van der Waals surface area contributed by atoms with Crippen LogP contribution in [-0.2, 0) is 9.53 Å². The molecule has 1 unspecified atom stereocenters. The molecule has 1 atom stereocenters. The number of benzene rings is 2. The third-order valence-corrected chi connectivity index (χ3v) is 5.12. The molecule has 1 heterocycles. The Morgan fingerprint density at radius 1 is 1.03 bits per heavy atom. The monoisotopic (exact) mass is 391 g/mol. The number of furan rings is 1. The zero-order chi connectivity index (χ0) is 20.4. The zero-order valence-electron chi connectivity index (χ0n) is 15.9. The van der Waals surface area contributed by atoms with Crippen LogP contribution in [0.4, 0.5) is 4.79 Å². The Labute approximate surface area is 168 Å². The second kappa shape index (κ2) is 7.83. The van der Waals surface area contributed by atoms with Gasteiger partial charge in [-0.25, -0.2) is 4.79 Å². The van der Waals surface area contributed by atoms with Crippen LogP contribution < -0.4 is 5.32 Å². The lowest BCUT2D eigenvalue weighted by Crippen LogP contribution is -2.31. The van der Waals surface area contributed by atoms with Crippen LogP contribution in [0.1, 0.15) is 41.0 Å². The van der Waals surface area contributed by atoms with Crippen molar-refractivity contribution in [1.82, 2.24) is 5.32 Å². The molecule has 2 aromatic carbocycles. The van der Waals surface area contributed by atoms with Crippen LogP contribution in [0.25, 0.3) is 11.1 Å². The van der Waals surface area contributed by atoms with Gasteiger partial charge in [0.25, 0.3) is 0 Å². The van der Waals surface area contributed by atoms with E-state index in [1.807, 2.05) is 36.4 Å². The number of carboxylic acids is 1. The van der Waals surface area contributed by atoms with Gasteiger partial charge in [-0.3, -0.25) is 4.79 Å². The number of fused-ring (bicyclic) bond motifs is 3. The van der Waals surface area contributed by atoms with E-state index in [4.69, 9.17) is 14.3 Å². The van der Waals surface area contributed by atoms with E-state index in [0.717, 1.165) is 22.3 Å². The second-order valence-corrected chi connectivity index (χ2v) is 7.07. The van der Waals surface area contributed by atoms with Crippen molar-refractivity contribution >= 4 is 12.1 Å². The molecular formula is C23H21NO5. The molecule has 0 spiro atoms. The molecule has 0 saturated heterocycles. The van der Waals surface area contributed by atoms with Gasteiger partial charge in [0.15, 0.2) is 0 Å². The third kappa shape index (κ3) is 3.87. The number of amides is 1. The number of aryl methyl sites for hydroxylation is 1. The lowest BCUT2D eigenvalue weighted by Gasteiger charge is -2.17. The van der Waals surface area contributed by atoms with Crippen molar-refractivity contribution in [2.45, 2.75) is 25.3 Å². The Hall–Kier alpha value is -3.54. The highest BCUT2D eigenvalue weighted by Crippen LogP contribution is 2.44. The zero-order valence-corrected chi connectivity index (χ0v) is 15.9. The molecule has 0 radical (unpaired) electrons. The molecule has 1 aliphatic carbocycles. The first-order valence-electron chi connectivity index (χ1n) is 9.42. The first kappa shape index (κ1) is 18.8. The lowest BCUT2D eigenvalue weighted by atomic mass is 9.98. The summed E-state index contributed by atoms with van der Waals surface area (Å²) in [4.78, 5) is 23.6. The van der Waals surface area contributed by atoms with Gasteiger partial charge in [-0.15, -0.1) is 0 Å². The van der Waals surface area contributed by atoms with Crippen LogP contribution >= 0.6 is 0 Å². The summed E-state index contributed by atoms with van der Waals surface area (Å²) < 4.78 is 11.0. The van der Waals surface area contributed by atoms with Crippen LogP contribution in [0, 0.1) is 6.92 Å². The highest BCUT2D eigenvalue weighted by Gasteiger charge is 2.29. The van der Waals surface area contributed by atoms with Gasteiger partial charge < -0.3 is 19.6 Å². The predicted octanol–water partition coefficient (Wildman–Crippen LogP) is 4.64. The second-order valence-electron chi connectivity index (χ2n) is 7.07. The molecule has 1 amide bonds. The summed E-state index contributed by atoms with van der Waals surface area (Å²) in [6, 6.07) is 18.7. The van der Waals surface area contributed by atoms with Gasteiger partial charge >= 0.3 is 12.1 Å². The van der Waals surface area contributed by atoms with Crippen LogP contribution in [0.5, 0.6) is 0 Å². The summed E-state index contributed by atoms with van der Waals surface area (Å²) in [6.07, 6.45) is -0.968. The minimum absolute atomic E-state index is 0.0584. The average molecular weight is 391 g/mol. The summed E-state index contributed by atoms with van der Waals surface area (Å²) in [5.41, 5.74) is 4.52. The largest absolute Gasteiger partial charge is 0.481 e. The van der Waals surface area contributed by atoms with E-state index in [1.165, 1.54) is 0 Å². The number of nitrogens with one attached hydrogen (secondary N) is 1. The number of carbonyl (C=O) groups is 2. The number of rotatable bonds is 6. The van der Waals surface area contributed by atoms with E-state index < -0.39 is 18.1 Å². The standard InChI is InChI=1S/C23H21NO5/c1-14-10-11-21(29-14)20(12-22(25)26)24-23(27)28-13-19-17-8-4-2-6-15(17)16-7-3-5-9-18(16)19/h2-11,19-20H,12-13H2,1H3,(H,24,27)(H,25,26). The summed E-state index contributed by atoms with van der Waals surface area (Å²) in [6.45, 7) is 1.92. The Balaban J connectivity index is 1.47. The molecule has 0 saturated carbocycles. The molecular weight excluding hydrogens is 370 g/mol. The predicted molar refractivity (Wildman–Crippen MR) is 107 cm³/mol. The number of hydrogen-bond donors (Lipinski definition) is 2. The molecule has 0 aliphatic heterocycles. The Morgan fingerprint density at radius 2 is 1.66 bits per heavy atom. The van der Waals surface area contributed by atoms with E-state index in [1.54, 1.807) is 19.1 Å². The van der Waals surface area contributed by atoms with Gasteiger partial charge in [-0.2, -0.15) is 0 Å². The molecule has 0 bridgehead atoms. The topological polar surface area (TPSA) is 88.8 Å². The number of hydrogen-bond acceptors (Lipinski definition) is 4. The van der Waals surface area contributed by atoms with E-state index in [0.29, 0.717) is 11.5 Å². The number of alkyl carbamates (subject to hydrolysis) is 1. The molecule has 3 aromatic rings. The third-order valence-electron chi connectivity index (χ3n) is 5.12. The van der Waals surface area contributed by atoms with Crippen molar-refractivity contribution in [3.05, 3.63) is 83.3 Å². The van der Waals surface area contributed by atoms with Crippen LogP contribution in [0.15, 0.2) is 65.1 Å². The molecule has 0 fully saturated rings. The molecule has 2 N–H and O–H groups in total. The van der Waals surface area contributed by atoms with Crippen LogP contribution in [-0.4, -0.2) is 23.8 Å². The van der Waals surface area contributed by atoms with Gasteiger partial charge in [0, 0.05) is 5.92 Å². The van der Waals surface area contributed by atoms with Crippen molar-refractivity contribution < 1.29 is 23.8 Å². The number of carboxylic acid groups (broad SMARTS) is 1. The molecule has 4 rings (SSSR count). The molecule has 6 heteroatoms. The van der Waals surface area contributed by atoms with Crippen molar-refractivity contribution in [3.8, 4) is 11.1 Å². The SMILES string of the molecule is Cc1ccc(C(CC(=O)O)NC(=O)OCC2c3ccccc3-c3ccccc32)o1. The first-order chi connectivity index (χ1) is 14.0. The van der Waals surface area contributed by atoms with Crippen LogP contribution in [0.3, 0.4) is 0 Å². The van der Waals surface area contributed by atoms with Gasteiger partial charge in [-0.1, -0.05) is 48.5 Å². The number of carbonyl (C=O) groups excluding carboxylic acids is 1. The maximum atomic E-state index is 12.4. The lowest BCUT2D eigenvalue weighted by molar-refractivity contribution is -0.137. The maximum absolute atomic E-state index is 12.4. The molecule has 6 nitrogen and oxygen atoms in total. The fourth-order valence-corrected chi connectivity index (χ4v) is 3.82. The Bertz CT molecular complexity index is 1010. The average Bonchev–Trinajstić information content (AvgIpc) is 3.27. The quantitative estimate of drug-likeness (QED) is 0.639. The van der Waals surface area contributed by atoms with Crippen molar-refractivity contribution in [1.29, 1.82) is 0 Å². The van der Waals surface area contributed by atoms with Crippen molar-refractivity contribution in [2.75, 3.05) is 6.61 Å². The van der Waals surface area contributed by atoms with E-state index in [9.17, 15) is 9.59 Å². The number of aliphatic carboxylic acids is 1. The smallest absolute Gasteiger partial charge is 0.407 e. The normalized spacial score (nSPS) is 13.4. The summed E-state index contributed by atoms with van der Waals surface area (Å²) >= 11 is 0. The van der Waals surface area contributed by atoms with E-state index >= 15 is 0 Å². The minimum atomic E-state index is -1.04. The van der Waals surface area contributed by atoms with E-state index in [2.05, 4.69) is 17.4 Å². The Kier molecular flexibility index (Phi) is 5.08. The summed E-state index contributed by atoms with van der Waals surface area (Å²) in [5, 5.41) is 11.8. The Morgan fingerprint density at radius 3 is 2.21 bits per heavy atom. The molecule has 1 aliphatic rings. The van der Waals surface area contributed by atoms with E-state index in [-0.39, 0.29) is 18.9 Å². The molecule has 1 aromatic heterocycles. The molecule has 148 valence electrons.